The predicted octanol–water partition coefficient (Wildman–Crippen LogP) is 7.66. The molecule has 0 bridgehead atoms. The van der Waals surface area contributed by atoms with E-state index in [9.17, 15) is 0 Å². The maximum atomic E-state index is 3.55. The van der Waals surface area contributed by atoms with Crippen LogP contribution in [-0.2, 0) is 25.7 Å². The van der Waals surface area contributed by atoms with Crippen LogP contribution < -0.4 is 5.32 Å². The third kappa shape index (κ3) is 4.52. The molecule has 0 amide bonds. The maximum Gasteiger partial charge on any atom is 0.0175 e. The van der Waals surface area contributed by atoms with Gasteiger partial charge in [-0.05, 0) is 101 Å². The summed E-state index contributed by atoms with van der Waals surface area (Å²) in [7, 11) is 0. The highest BCUT2D eigenvalue weighted by Gasteiger charge is 2.26. The van der Waals surface area contributed by atoms with Gasteiger partial charge in [-0.25, -0.2) is 0 Å². The Labute approximate surface area is 199 Å². The van der Waals surface area contributed by atoms with E-state index < -0.39 is 0 Å². The Kier molecular flexibility index (Phi) is 6.41. The number of aryl methyl sites for hydroxylation is 1. The van der Waals surface area contributed by atoms with E-state index in [1.165, 1.54) is 58.8 Å². The van der Waals surface area contributed by atoms with Crippen molar-refractivity contribution >= 4 is 15.9 Å². The minimum absolute atomic E-state index is 0.662. The van der Waals surface area contributed by atoms with Crippen molar-refractivity contribution in [1.82, 2.24) is 5.32 Å². The predicted molar refractivity (Wildman–Crippen MR) is 139 cm³/mol. The van der Waals surface area contributed by atoms with Crippen LogP contribution in [0.4, 0.5) is 0 Å². The second kappa shape index (κ2) is 9.75. The highest BCUT2D eigenvalue weighted by molar-refractivity contribution is 9.10. The number of allylic oxidation sites excluding steroid dienone is 4. The SMILES string of the molecule is Brc1ccc(C2CCc3c(ccc4c3CCc3ccccc3-4)C2)cc1.C1=CC=CNC=C1. The number of nitrogens with one attached hydrogen (secondary N) is 1. The first-order valence-corrected chi connectivity index (χ1v) is 12.3. The summed E-state index contributed by atoms with van der Waals surface area (Å²) in [6, 6.07) is 22.7. The van der Waals surface area contributed by atoms with Crippen molar-refractivity contribution in [2.45, 2.75) is 38.0 Å². The Balaban J connectivity index is 0.000000265. The lowest BCUT2D eigenvalue weighted by atomic mass is 9.74. The monoisotopic (exact) mass is 481 g/mol. The fourth-order valence-corrected chi connectivity index (χ4v) is 5.42. The van der Waals surface area contributed by atoms with Crippen molar-refractivity contribution in [3.8, 4) is 11.1 Å². The average molecular weight is 482 g/mol. The normalized spacial score (nSPS) is 17.7. The lowest BCUT2D eigenvalue weighted by molar-refractivity contribution is 0.580. The fourth-order valence-electron chi connectivity index (χ4n) is 5.15. The molecule has 2 aliphatic carbocycles. The van der Waals surface area contributed by atoms with Crippen LogP contribution in [0.5, 0.6) is 0 Å². The second-order valence-corrected chi connectivity index (χ2v) is 9.56. The summed E-state index contributed by atoms with van der Waals surface area (Å²) in [6.45, 7) is 0. The lowest BCUT2D eigenvalue weighted by Crippen LogP contribution is -2.17. The molecule has 0 radical (unpaired) electrons. The van der Waals surface area contributed by atoms with Gasteiger partial charge in [0, 0.05) is 16.9 Å². The summed E-state index contributed by atoms with van der Waals surface area (Å²) in [4.78, 5) is 0. The van der Waals surface area contributed by atoms with Crippen molar-refractivity contribution < 1.29 is 0 Å². The van der Waals surface area contributed by atoms with Gasteiger partial charge < -0.3 is 5.32 Å². The molecule has 1 N–H and O–H groups in total. The van der Waals surface area contributed by atoms with Gasteiger partial charge in [0.1, 0.15) is 0 Å². The highest BCUT2D eigenvalue weighted by Crippen LogP contribution is 2.41. The van der Waals surface area contributed by atoms with Crippen molar-refractivity contribution in [2.75, 3.05) is 0 Å². The van der Waals surface area contributed by atoms with Gasteiger partial charge in [0.2, 0.25) is 0 Å². The molecule has 3 aromatic carbocycles. The van der Waals surface area contributed by atoms with E-state index in [0.29, 0.717) is 5.92 Å². The molecule has 1 atom stereocenters. The lowest BCUT2D eigenvalue weighted by Gasteiger charge is -2.30. The zero-order chi connectivity index (χ0) is 21.8. The molecule has 0 fully saturated rings. The van der Waals surface area contributed by atoms with E-state index in [4.69, 9.17) is 0 Å². The smallest absolute Gasteiger partial charge is 0.0175 e. The maximum absolute atomic E-state index is 3.55. The second-order valence-electron chi connectivity index (χ2n) is 8.65. The van der Waals surface area contributed by atoms with Crippen LogP contribution in [0.3, 0.4) is 0 Å². The first-order valence-electron chi connectivity index (χ1n) is 11.5. The van der Waals surface area contributed by atoms with Gasteiger partial charge in [-0.2, -0.15) is 0 Å². The molecule has 160 valence electrons. The third-order valence-electron chi connectivity index (χ3n) is 6.75. The topological polar surface area (TPSA) is 12.0 Å². The number of rotatable bonds is 1. The molecule has 2 heteroatoms. The van der Waals surface area contributed by atoms with Gasteiger partial charge in [0.05, 0.1) is 0 Å². The molecule has 0 spiro atoms. The van der Waals surface area contributed by atoms with E-state index in [2.05, 4.69) is 81.9 Å². The number of benzene rings is 3. The van der Waals surface area contributed by atoms with Crippen LogP contribution >= 0.6 is 15.9 Å². The summed E-state index contributed by atoms with van der Waals surface area (Å²) < 4.78 is 1.17. The molecule has 3 aromatic rings. The van der Waals surface area contributed by atoms with E-state index in [-0.39, 0.29) is 0 Å². The minimum Gasteiger partial charge on any atom is -0.368 e. The Bertz CT molecular complexity index is 1170. The average Bonchev–Trinajstić information content (AvgIpc) is 3.17. The van der Waals surface area contributed by atoms with Gasteiger partial charge in [-0.1, -0.05) is 76.6 Å². The molecule has 1 nitrogen and oxygen atoms in total. The zero-order valence-electron chi connectivity index (χ0n) is 18.2. The Morgan fingerprint density at radius 2 is 1.44 bits per heavy atom. The van der Waals surface area contributed by atoms with Gasteiger partial charge in [0.15, 0.2) is 0 Å². The van der Waals surface area contributed by atoms with Gasteiger partial charge in [0.25, 0.3) is 0 Å². The minimum atomic E-state index is 0.662. The van der Waals surface area contributed by atoms with Crippen LogP contribution in [0.1, 0.15) is 40.2 Å². The molecule has 3 aliphatic rings. The van der Waals surface area contributed by atoms with Crippen molar-refractivity contribution in [1.29, 1.82) is 0 Å². The van der Waals surface area contributed by atoms with Crippen LogP contribution in [0.15, 0.2) is 102 Å². The third-order valence-corrected chi connectivity index (χ3v) is 7.28. The molecule has 1 unspecified atom stereocenters. The van der Waals surface area contributed by atoms with Crippen LogP contribution in [-0.4, -0.2) is 0 Å². The van der Waals surface area contributed by atoms with Crippen LogP contribution in [0.25, 0.3) is 11.1 Å². The quantitative estimate of drug-likeness (QED) is 0.376. The van der Waals surface area contributed by atoms with E-state index in [1.54, 1.807) is 16.7 Å². The highest BCUT2D eigenvalue weighted by atomic mass is 79.9. The van der Waals surface area contributed by atoms with Gasteiger partial charge >= 0.3 is 0 Å². The van der Waals surface area contributed by atoms with Crippen molar-refractivity contribution in [2.24, 2.45) is 0 Å². The summed E-state index contributed by atoms with van der Waals surface area (Å²) in [5.41, 5.74) is 10.8. The summed E-state index contributed by atoms with van der Waals surface area (Å²) in [5, 5.41) is 2.92. The van der Waals surface area contributed by atoms with E-state index in [1.807, 2.05) is 36.7 Å². The molecular weight excluding hydrogens is 454 g/mol. The number of fused-ring (bicyclic) bond motifs is 5. The van der Waals surface area contributed by atoms with Crippen LogP contribution in [0, 0.1) is 0 Å². The van der Waals surface area contributed by atoms with Crippen LogP contribution in [0.2, 0.25) is 0 Å². The van der Waals surface area contributed by atoms with Crippen molar-refractivity contribution in [3.63, 3.8) is 0 Å². The number of hydrogen-bond acceptors (Lipinski definition) is 1. The first-order chi connectivity index (χ1) is 15.8. The number of halogens is 1. The number of hydrogen-bond donors (Lipinski definition) is 1. The van der Waals surface area contributed by atoms with Gasteiger partial charge in [-0.3, -0.25) is 0 Å². The molecule has 1 aliphatic heterocycles. The van der Waals surface area contributed by atoms with Gasteiger partial charge in [-0.15, -0.1) is 0 Å². The first kappa shape index (κ1) is 21.0. The summed E-state index contributed by atoms with van der Waals surface area (Å²) >= 11 is 3.55. The molecule has 6 rings (SSSR count). The molecule has 0 saturated heterocycles. The molecule has 1 heterocycles. The molecular formula is C30H28BrN. The largest absolute Gasteiger partial charge is 0.368 e. The molecule has 0 saturated carbocycles. The molecule has 32 heavy (non-hydrogen) atoms. The van der Waals surface area contributed by atoms with E-state index in [0.717, 1.165) is 0 Å². The summed E-state index contributed by atoms with van der Waals surface area (Å²) in [5.74, 6) is 0.662. The summed E-state index contributed by atoms with van der Waals surface area (Å²) in [6.07, 6.45) is 17.7. The Hall–Kier alpha value is -2.84. The van der Waals surface area contributed by atoms with E-state index >= 15 is 0 Å². The standard InChI is InChI=1S/C24H21Br.C6H7N/c25-20-10-5-16(6-11-20)18-8-12-22-19(15-18)9-14-23-21-4-2-1-3-17(21)7-13-24(22)23;1-2-4-6-7-5-3-1/h1-6,9-11,14,18H,7-8,12-13,15H2;1-7H. The zero-order valence-corrected chi connectivity index (χ0v) is 19.8. The molecule has 0 aromatic heterocycles. The Morgan fingerprint density at radius 1 is 0.656 bits per heavy atom. The Morgan fingerprint density at radius 3 is 2.25 bits per heavy atom. The fraction of sp³-hybridized carbons (Fsp3) is 0.200. The van der Waals surface area contributed by atoms with Crippen molar-refractivity contribution in [3.05, 3.63) is 130 Å².